The minimum atomic E-state index is -0.549. The molecule has 7 heteroatoms. The molecule has 2 aromatic rings. The lowest BCUT2D eigenvalue weighted by Gasteiger charge is -2.07. The van der Waals surface area contributed by atoms with Gasteiger partial charge in [-0.3, -0.25) is 10.1 Å². The van der Waals surface area contributed by atoms with Crippen LogP contribution in [0.25, 0.3) is 10.9 Å². The quantitative estimate of drug-likeness (QED) is 0.463. The molecule has 0 saturated heterocycles. The lowest BCUT2D eigenvalue weighted by atomic mass is 10.1. The van der Waals surface area contributed by atoms with Crippen LogP contribution in [0.3, 0.4) is 0 Å². The molecule has 0 atom stereocenters. The molecule has 0 aliphatic heterocycles. The van der Waals surface area contributed by atoms with Crippen molar-refractivity contribution in [3.05, 3.63) is 43.5 Å². The van der Waals surface area contributed by atoms with Crippen molar-refractivity contribution in [1.82, 2.24) is 4.98 Å². The number of nitriles is 1. The number of fused-ring (bicyclic) bond motifs is 1. The van der Waals surface area contributed by atoms with E-state index < -0.39 is 4.92 Å². The Morgan fingerprint density at radius 2 is 2.25 bits per heavy atom. The summed E-state index contributed by atoms with van der Waals surface area (Å²) in [6, 6.07) is 5.66. The highest BCUT2D eigenvalue weighted by Gasteiger charge is 2.17. The molecular formula is C13H9BrClN3O2. The van der Waals surface area contributed by atoms with E-state index in [-0.39, 0.29) is 10.7 Å². The molecule has 20 heavy (non-hydrogen) atoms. The Hall–Kier alpha value is -1.71. The molecule has 0 fully saturated rings. The normalized spacial score (nSPS) is 10.4. The Labute approximate surface area is 128 Å². The summed E-state index contributed by atoms with van der Waals surface area (Å²) in [6.45, 7) is 0. The number of hydrogen-bond donors (Lipinski definition) is 0. The molecule has 0 spiro atoms. The van der Waals surface area contributed by atoms with Gasteiger partial charge < -0.3 is 0 Å². The predicted octanol–water partition coefficient (Wildman–Crippen LogP) is 4.41. The summed E-state index contributed by atoms with van der Waals surface area (Å²) in [5.74, 6) is 0. The van der Waals surface area contributed by atoms with Gasteiger partial charge in [0, 0.05) is 16.3 Å². The van der Waals surface area contributed by atoms with Crippen molar-refractivity contribution in [3.8, 4) is 6.07 Å². The number of nitrogens with zero attached hydrogens (tertiary/aromatic N) is 3. The van der Waals surface area contributed by atoms with E-state index in [4.69, 9.17) is 16.9 Å². The van der Waals surface area contributed by atoms with Gasteiger partial charge in [-0.2, -0.15) is 5.26 Å². The molecule has 1 aromatic carbocycles. The van der Waals surface area contributed by atoms with Crippen LogP contribution in [0.15, 0.2) is 22.8 Å². The Bertz CT molecular complexity index is 728. The molecule has 0 aliphatic rings. The standard InChI is InChI=1S/C13H9BrClN3O2/c14-10-6-11-9(5-8(10)3-1-2-4-16)13(15)12(7-17-11)18(19)20/h5-7H,1-3H2. The van der Waals surface area contributed by atoms with Gasteiger partial charge in [-0.25, -0.2) is 4.98 Å². The van der Waals surface area contributed by atoms with Gasteiger partial charge in [-0.1, -0.05) is 27.5 Å². The van der Waals surface area contributed by atoms with Gasteiger partial charge >= 0.3 is 5.69 Å². The third kappa shape index (κ3) is 2.89. The fourth-order valence-corrected chi connectivity index (χ4v) is 2.69. The zero-order valence-electron chi connectivity index (χ0n) is 10.3. The summed E-state index contributed by atoms with van der Waals surface area (Å²) in [5.41, 5.74) is 1.35. The molecular weight excluding hydrogens is 346 g/mol. The van der Waals surface area contributed by atoms with Gasteiger partial charge in [-0.05, 0) is 30.5 Å². The van der Waals surface area contributed by atoms with Gasteiger partial charge in [0.2, 0.25) is 0 Å². The van der Waals surface area contributed by atoms with Gasteiger partial charge in [0.1, 0.15) is 11.2 Å². The molecule has 1 heterocycles. The van der Waals surface area contributed by atoms with E-state index in [1.54, 1.807) is 12.1 Å². The van der Waals surface area contributed by atoms with Gasteiger partial charge in [0.25, 0.3) is 0 Å². The molecule has 2 rings (SSSR count). The topological polar surface area (TPSA) is 79.8 Å². The summed E-state index contributed by atoms with van der Waals surface area (Å²) in [7, 11) is 0. The summed E-state index contributed by atoms with van der Waals surface area (Å²) >= 11 is 9.51. The number of nitro groups is 1. The first-order chi connectivity index (χ1) is 9.54. The van der Waals surface area contributed by atoms with Crippen LogP contribution in [-0.4, -0.2) is 9.91 Å². The van der Waals surface area contributed by atoms with E-state index in [2.05, 4.69) is 27.0 Å². The average Bonchev–Trinajstić information content (AvgIpc) is 2.40. The van der Waals surface area contributed by atoms with Crippen LogP contribution in [0, 0.1) is 21.4 Å². The smallest absolute Gasteiger partial charge is 0.258 e. The molecule has 0 amide bonds. The number of halogens is 2. The molecule has 102 valence electrons. The first-order valence-electron chi connectivity index (χ1n) is 5.82. The van der Waals surface area contributed by atoms with E-state index >= 15 is 0 Å². The number of benzene rings is 1. The second-order valence-corrected chi connectivity index (χ2v) is 5.42. The molecule has 0 aliphatic carbocycles. The number of aryl methyl sites for hydroxylation is 1. The van der Waals surface area contributed by atoms with E-state index in [0.29, 0.717) is 23.7 Å². The first kappa shape index (κ1) is 14.7. The Morgan fingerprint density at radius 3 is 2.90 bits per heavy atom. The Morgan fingerprint density at radius 1 is 1.50 bits per heavy atom. The summed E-state index contributed by atoms with van der Waals surface area (Å²) < 4.78 is 0.861. The van der Waals surface area contributed by atoms with E-state index in [0.717, 1.165) is 22.7 Å². The summed E-state index contributed by atoms with van der Waals surface area (Å²) in [5, 5.41) is 20.1. The predicted molar refractivity (Wildman–Crippen MR) is 79.7 cm³/mol. The summed E-state index contributed by atoms with van der Waals surface area (Å²) in [4.78, 5) is 14.4. The van der Waals surface area contributed by atoms with Gasteiger partial charge in [0.05, 0.1) is 16.5 Å². The Kier molecular flexibility index (Phi) is 4.53. The van der Waals surface area contributed by atoms with Crippen LogP contribution >= 0.6 is 27.5 Å². The van der Waals surface area contributed by atoms with Crippen molar-refractivity contribution in [2.75, 3.05) is 0 Å². The molecule has 0 saturated carbocycles. The number of pyridine rings is 1. The highest BCUT2D eigenvalue weighted by molar-refractivity contribution is 9.10. The zero-order chi connectivity index (χ0) is 14.7. The van der Waals surface area contributed by atoms with Crippen LogP contribution in [-0.2, 0) is 6.42 Å². The monoisotopic (exact) mass is 353 g/mol. The second-order valence-electron chi connectivity index (χ2n) is 4.19. The highest BCUT2D eigenvalue weighted by atomic mass is 79.9. The molecule has 0 radical (unpaired) electrons. The Balaban J connectivity index is 2.52. The largest absolute Gasteiger partial charge is 0.306 e. The van der Waals surface area contributed by atoms with Crippen LogP contribution in [0.1, 0.15) is 18.4 Å². The van der Waals surface area contributed by atoms with Crippen molar-refractivity contribution in [1.29, 1.82) is 5.26 Å². The molecule has 0 bridgehead atoms. The van der Waals surface area contributed by atoms with Crippen molar-refractivity contribution >= 4 is 44.1 Å². The molecule has 0 N–H and O–H groups in total. The summed E-state index contributed by atoms with van der Waals surface area (Å²) in [6.07, 6.45) is 3.04. The fourth-order valence-electron chi connectivity index (χ4n) is 1.89. The lowest BCUT2D eigenvalue weighted by molar-refractivity contribution is -0.384. The molecule has 5 nitrogen and oxygen atoms in total. The van der Waals surface area contributed by atoms with Crippen LogP contribution in [0.4, 0.5) is 5.69 Å². The van der Waals surface area contributed by atoms with E-state index in [9.17, 15) is 10.1 Å². The van der Waals surface area contributed by atoms with Crippen molar-refractivity contribution in [2.45, 2.75) is 19.3 Å². The van der Waals surface area contributed by atoms with E-state index in [1.807, 2.05) is 0 Å². The third-order valence-corrected chi connectivity index (χ3v) is 4.02. The number of unbranched alkanes of at least 4 members (excludes halogenated alkanes) is 1. The maximum absolute atomic E-state index is 10.9. The maximum Gasteiger partial charge on any atom is 0.306 e. The van der Waals surface area contributed by atoms with Crippen molar-refractivity contribution in [2.24, 2.45) is 0 Å². The third-order valence-electron chi connectivity index (χ3n) is 2.88. The van der Waals surface area contributed by atoms with Crippen LogP contribution < -0.4 is 0 Å². The first-order valence-corrected chi connectivity index (χ1v) is 6.99. The zero-order valence-corrected chi connectivity index (χ0v) is 12.6. The molecule has 0 unspecified atom stereocenters. The van der Waals surface area contributed by atoms with Crippen LogP contribution in [0.5, 0.6) is 0 Å². The highest BCUT2D eigenvalue weighted by Crippen LogP contribution is 2.34. The lowest BCUT2D eigenvalue weighted by Crippen LogP contribution is -1.94. The number of aromatic nitrogens is 1. The SMILES string of the molecule is N#CCCCc1cc2c(Cl)c([N+](=O)[O-])cnc2cc1Br. The van der Waals surface area contributed by atoms with Crippen LogP contribution in [0.2, 0.25) is 5.02 Å². The molecule has 1 aromatic heterocycles. The fraction of sp³-hybridized carbons (Fsp3) is 0.231. The average molecular weight is 355 g/mol. The second kappa shape index (κ2) is 6.16. The van der Waals surface area contributed by atoms with Gasteiger partial charge in [-0.15, -0.1) is 0 Å². The van der Waals surface area contributed by atoms with Crippen molar-refractivity contribution in [3.63, 3.8) is 0 Å². The maximum atomic E-state index is 10.9. The van der Waals surface area contributed by atoms with E-state index in [1.165, 1.54) is 0 Å². The minimum absolute atomic E-state index is 0.0917. The number of hydrogen-bond acceptors (Lipinski definition) is 4. The minimum Gasteiger partial charge on any atom is -0.258 e. The van der Waals surface area contributed by atoms with Crippen molar-refractivity contribution < 1.29 is 4.92 Å². The van der Waals surface area contributed by atoms with Gasteiger partial charge in [0.15, 0.2) is 0 Å². The number of rotatable bonds is 4.